The lowest BCUT2D eigenvalue weighted by molar-refractivity contribution is 0.0629. The highest BCUT2D eigenvalue weighted by Gasteiger charge is 2.29. The Labute approximate surface area is 138 Å². The Morgan fingerprint density at radius 2 is 1.86 bits per heavy atom. The van der Waals surface area contributed by atoms with Crippen molar-refractivity contribution in [3.63, 3.8) is 0 Å². The average molecular weight is 395 g/mol. The predicted octanol–water partition coefficient (Wildman–Crippen LogP) is 3.64. The van der Waals surface area contributed by atoms with Gasteiger partial charge in [-0.1, -0.05) is 13.8 Å². The van der Waals surface area contributed by atoms with E-state index in [1.807, 2.05) is 0 Å². The van der Waals surface area contributed by atoms with E-state index in [1.165, 1.54) is 18.2 Å². The number of amides is 1. The highest BCUT2D eigenvalue weighted by atomic mass is 79.9. The number of hydrogen-bond acceptors (Lipinski definition) is 3. The van der Waals surface area contributed by atoms with Gasteiger partial charge in [0.05, 0.1) is 10.5 Å². The molecule has 4 nitrogen and oxygen atoms in total. The maximum Gasteiger partial charge on any atom is 0.261 e. The highest BCUT2D eigenvalue weighted by molar-refractivity contribution is 9.10. The molecule has 0 N–H and O–H groups in total. The lowest BCUT2D eigenvalue weighted by Crippen LogP contribution is -2.41. The van der Waals surface area contributed by atoms with Gasteiger partial charge in [-0.05, 0) is 52.4 Å². The Bertz CT molecular complexity index is 663. The van der Waals surface area contributed by atoms with Gasteiger partial charge in [-0.3, -0.25) is 4.79 Å². The van der Waals surface area contributed by atoms with Gasteiger partial charge in [-0.2, -0.15) is 0 Å². The Kier molecular flexibility index (Phi) is 4.71. The van der Waals surface area contributed by atoms with Crippen molar-refractivity contribution in [3.8, 4) is 0 Å². The van der Waals surface area contributed by atoms with Crippen LogP contribution in [0.1, 0.15) is 37.0 Å². The minimum Gasteiger partial charge on any atom is -0.339 e. The number of likely N-dealkylation sites (tertiary alicyclic amines) is 1. The average Bonchev–Trinajstić information content (AvgIpc) is 2.37. The number of piperidine rings is 1. The summed E-state index contributed by atoms with van der Waals surface area (Å²) in [4.78, 5) is 14.3. The first-order valence-corrected chi connectivity index (χ1v) is 9.74. The van der Waals surface area contributed by atoms with E-state index in [2.05, 4.69) is 29.8 Å². The molecule has 7 heteroatoms. The SMILES string of the molecule is CC1(C)CCN(C(=O)c2cc(S(=O)(=O)Cl)ccc2Br)CC1. The van der Waals surface area contributed by atoms with E-state index in [4.69, 9.17) is 10.7 Å². The van der Waals surface area contributed by atoms with Crippen molar-refractivity contribution in [1.82, 2.24) is 4.90 Å². The maximum atomic E-state index is 12.6. The van der Waals surface area contributed by atoms with Crippen molar-refractivity contribution in [2.75, 3.05) is 13.1 Å². The Morgan fingerprint density at radius 3 is 2.38 bits per heavy atom. The van der Waals surface area contributed by atoms with Crippen LogP contribution in [0.15, 0.2) is 27.6 Å². The maximum absolute atomic E-state index is 12.6. The molecule has 1 aliphatic heterocycles. The topological polar surface area (TPSA) is 54.5 Å². The fraction of sp³-hybridized carbons (Fsp3) is 0.500. The van der Waals surface area contributed by atoms with Gasteiger partial charge in [-0.25, -0.2) is 8.42 Å². The lowest BCUT2D eigenvalue weighted by atomic mass is 9.82. The molecule has 1 aromatic carbocycles. The van der Waals surface area contributed by atoms with E-state index in [9.17, 15) is 13.2 Å². The van der Waals surface area contributed by atoms with Gasteiger partial charge in [0.25, 0.3) is 15.0 Å². The van der Waals surface area contributed by atoms with Crippen molar-refractivity contribution >= 4 is 41.6 Å². The Balaban J connectivity index is 2.28. The third kappa shape index (κ3) is 3.99. The van der Waals surface area contributed by atoms with Crippen LogP contribution in [-0.2, 0) is 9.05 Å². The summed E-state index contributed by atoms with van der Waals surface area (Å²) in [7, 11) is 1.50. The molecule has 1 saturated heterocycles. The fourth-order valence-corrected chi connectivity index (χ4v) is 3.50. The molecular formula is C14H17BrClNO3S. The third-order valence-corrected chi connectivity index (χ3v) is 5.90. The first kappa shape index (κ1) is 16.8. The van der Waals surface area contributed by atoms with Crippen LogP contribution in [0, 0.1) is 5.41 Å². The van der Waals surface area contributed by atoms with Gasteiger partial charge >= 0.3 is 0 Å². The van der Waals surface area contributed by atoms with E-state index < -0.39 is 9.05 Å². The van der Waals surface area contributed by atoms with Crippen molar-refractivity contribution in [1.29, 1.82) is 0 Å². The zero-order valence-electron chi connectivity index (χ0n) is 11.9. The second-order valence-electron chi connectivity index (χ2n) is 6.04. The molecule has 0 radical (unpaired) electrons. The number of rotatable bonds is 2. The predicted molar refractivity (Wildman–Crippen MR) is 86.1 cm³/mol. The van der Waals surface area contributed by atoms with E-state index in [0.717, 1.165) is 12.8 Å². The van der Waals surface area contributed by atoms with Crippen molar-refractivity contribution < 1.29 is 13.2 Å². The van der Waals surface area contributed by atoms with Gasteiger partial charge in [0.2, 0.25) is 0 Å². The number of benzene rings is 1. The minimum absolute atomic E-state index is 0.0620. The van der Waals surface area contributed by atoms with Crippen LogP contribution in [-0.4, -0.2) is 32.3 Å². The quantitative estimate of drug-likeness (QED) is 0.720. The number of nitrogens with zero attached hydrogens (tertiary/aromatic N) is 1. The fourth-order valence-electron chi connectivity index (χ4n) is 2.31. The second-order valence-corrected chi connectivity index (χ2v) is 9.46. The summed E-state index contributed by atoms with van der Waals surface area (Å²) in [5.41, 5.74) is 0.575. The molecule has 0 atom stereocenters. The summed E-state index contributed by atoms with van der Waals surface area (Å²) in [5.74, 6) is -0.167. The first-order valence-electron chi connectivity index (χ1n) is 6.64. The first-order chi connectivity index (χ1) is 9.60. The van der Waals surface area contributed by atoms with E-state index in [1.54, 1.807) is 4.90 Å². The molecule has 0 aromatic heterocycles. The summed E-state index contributed by atoms with van der Waals surface area (Å²) < 4.78 is 23.4. The van der Waals surface area contributed by atoms with Gasteiger partial charge in [0.15, 0.2) is 0 Å². The van der Waals surface area contributed by atoms with Crippen LogP contribution in [0.2, 0.25) is 0 Å². The molecule has 0 unspecified atom stereocenters. The molecule has 1 amide bonds. The second kappa shape index (κ2) is 5.89. The molecule has 1 heterocycles. The number of hydrogen-bond donors (Lipinski definition) is 0. The summed E-state index contributed by atoms with van der Waals surface area (Å²) >= 11 is 3.30. The van der Waals surface area contributed by atoms with E-state index in [0.29, 0.717) is 23.1 Å². The zero-order valence-corrected chi connectivity index (χ0v) is 15.1. The van der Waals surface area contributed by atoms with Crippen LogP contribution in [0.4, 0.5) is 0 Å². The standard InChI is InChI=1S/C14H17BrClNO3S/c1-14(2)5-7-17(8-6-14)13(18)11-9-10(21(16,19)20)3-4-12(11)15/h3-4,9H,5-8H2,1-2H3. The monoisotopic (exact) mass is 393 g/mol. The van der Waals surface area contributed by atoms with Crippen molar-refractivity contribution in [2.45, 2.75) is 31.6 Å². The zero-order chi connectivity index (χ0) is 15.8. The van der Waals surface area contributed by atoms with Crippen LogP contribution < -0.4 is 0 Å². The normalized spacial score (nSPS) is 18.6. The van der Waals surface area contributed by atoms with E-state index in [-0.39, 0.29) is 16.2 Å². The largest absolute Gasteiger partial charge is 0.339 e. The van der Waals surface area contributed by atoms with Crippen molar-refractivity contribution in [3.05, 3.63) is 28.2 Å². The summed E-state index contributed by atoms with van der Waals surface area (Å²) in [6, 6.07) is 4.24. The van der Waals surface area contributed by atoms with Crippen LogP contribution in [0.5, 0.6) is 0 Å². The van der Waals surface area contributed by atoms with Gasteiger partial charge in [-0.15, -0.1) is 0 Å². The Hall–Kier alpha value is -0.590. The summed E-state index contributed by atoms with van der Waals surface area (Å²) in [6.07, 6.45) is 1.87. The van der Waals surface area contributed by atoms with Gasteiger partial charge in [0, 0.05) is 28.2 Å². The van der Waals surface area contributed by atoms with Crippen molar-refractivity contribution in [2.24, 2.45) is 5.41 Å². The molecule has 0 bridgehead atoms. The van der Waals surface area contributed by atoms with E-state index >= 15 is 0 Å². The Morgan fingerprint density at radius 1 is 1.29 bits per heavy atom. The summed E-state index contributed by atoms with van der Waals surface area (Å²) in [6.45, 7) is 5.73. The van der Waals surface area contributed by atoms with Gasteiger partial charge in [0.1, 0.15) is 0 Å². The molecule has 0 saturated carbocycles. The molecular weight excluding hydrogens is 378 g/mol. The molecule has 116 valence electrons. The van der Waals surface area contributed by atoms with Crippen LogP contribution in [0.25, 0.3) is 0 Å². The molecule has 0 aliphatic carbocycles. The summed E-state index contributed by atoms with van der Waals surface area (Å²) in [5, 5.41) is 0. The molecule has 21 heavy (non-hydrogen) atoms. The molecule has 2 rings (SSSR count). The number of carbonyl (C=O) groups excluding carboxylic acids is 1. The number of halogens is 2. The minimum atomic E-state index is -3.84. The number of carbonyl (C=O) groups is 1. The van der Waals surface area contributed by atoms with Crippen LogP contribution >= 0.6 is 26.6 Å². The van der Waals surface area contributed by atoms with Gasteiger partial charge < -0.3 is 4.90 Å². The molecule has 1 fully saturated rings. The third-order valence-electron chi connectivity index (χ3n) is 3.85. The molecule has 0 spiro atoms. The smallest absolute Gasteiger partial charge is 0.261 e. The lowest BCUT2D eigenvalue weighted by Gasteiger charge is -2.37. The molecule has 1 aliphatic rings. The van der Waals surface area contributed by atoms with Crippen LogP contribution in [0.3, 0.4) is 0 Å². The molecule has 1 aromatic rings. The highest BCUT2D eigenvalue weighted by Crippen LogP contribution is 2.31.